The largest absolute Gasteiger partial charge is 0.335 e. The lowest BCUT2D eigenvalue weighted by Gasteiger charge is -2.42. The highest BCUT2D eigenvalue weighted by Gasteiger charge is 2.46. The Kier molecular flexibility index (Phi) is 12.5. The Morgan fingerprint density at radius 1 is 0.659 bits per heavy atom. The molecule has 0 bridgehead atoms. The van der Waals surface area contributed by atoms with E-state index in [9.17, 15) is 0 Å². The summed E-state index contributed by atoms with van der Waals surface area (Å²) in [6, 6.07) is 5.75. The Morgan fingerprint density at radius 3 is 1.73 bits per heavy atom. The second-order valence-corrected chi connectivity index (χ2v) is 23.0. The average molecular weight is 630 g/mol. The van der Waals surface area contributed by atoms with Gasteiger partial charge in [-0.3, -0.25) is 0 Å². The van der Waals surface area contributed by atoms with Crippen molar-refractivity contribution in [1.29, 1.82) is 0 Å². The van der Waals surface area contributed by atoms with Gasteiger partial charge in [-0.2, -0.15) is 0 Å². The van der Waals surface area contributed by atoms with Crippen molar-refractivity contribution >= 4 is 76.4 Å². The van der Waals surface area contributed by atoms with Crippen LogP contribution in [0.3, 0.4) is 0 Å². The van der Waals surface area contributed by atoms with E-state index in [1.165, 1.54) is 95.4 Å². The summed E-state index contributed by atoms with van der Waals surface area (Å²) in [5.41, 5.74) is 5.40. The zero-order valence-electron chi connectivity index (χ0n) is 27.6. The number of hydrogen-bond donors (Lipinski definition) is 0. The van der Waals surface area contributed by atoms with E-state index in [1.807, 2.05) is 11.3 Å². The molecule has 0 aliphatic heterocycles. The van der Waals surface area contributed by atoms with E-state index < -0.39 is 8.07 Å². The molecule has 0 fully saturated rings. The quantitative estimate of drug-likeness (QED) is 0.0718. The standard InChI is InChI=1S/C36H59NS3Si/c1-9-11-13-15-17-19-21-29(22-20-18-16-14-12-10-2)37-30-23-24-38-34(30)36-33(37)35-31(39-36)25-32(40-35)41(26(3)4,27(5)6)28(7)8/h23-29H,9-22H2,1-8H3. The van der Waals surface area contributed by atoms with Gasteiger partial charge >= 0.3 is 0 Å². The number of fused-ring (bicyclic) bond motifs is 5. The molecule has 0 atom stereocenters. The third-order valence-corrected chi connectivity index (χ3v) is 21.5. The first-order valence-electron chi connectivity index (χ1n) is 17.2. The number of rotatable bonds is 19. The maximum Gasteiger partial charge on any atom is 0.107 e. The lowest BCUT2D eigenvalue weighted by Crippen LogP contribution is -2.54. The van der Waals surface area contributed by atoms with E-state index in [-0.39, 0.29) is 0 Å². The minimum absolute atomic E-state index is 0.632. The van der Waals surface area contributed by atoms with Crippen LogP contribution < -0.4 is 4.50 Å². The molecule has 1 nitrogen and oxygen atoms in total. The predicted octanol–water partition coefficient (Wildman–Crippen LogP) is 14.1. The summed E-state index contributed by atoms with van der Waals surface area (Å²) in [6.07, 6.45) is 19.4. The molecule has 0 aromatic carbocycles. The molecule has 5 heteroatoms. The van der Waals surface area contributed by atoms with Crippen LogP contribution in [0.5, 0.6) is 0 Å². The zero-order valence-corrected chi connectivity index (χ0v) is 31.1. The summed E-state index contributed by atoms with van der Waals surface area (Å²) in [5, 5.41) is 2.35. The van der Waals surface area contributed by atoms with Gasteiger partial charge in [0.2, 0.25) is 0 Å². The van der Waals surface area contributed by atoms with Crippen molar-refractivity contribution in [1.82, 2.24) is 4.57 Å². The lowest BCUT2D eigenvalue weighted by atomic mass is 9.99. The molecular formula is C36H59NS3Si. The van der Waals surface area contributed by atoms with Crippen LogP contribution in [0.15, 0.2) is 17.5 Å². The number of thiophene rings is 3. The Bertz CT molecular complexity index is 1300. The molecule has 0 saturated carbocycles. The van der Waals surface area contributed by atoms with Crippen LogP contribution in [0.4, 0.5) is 0 Å². The number of nitrogens with zero attached hydrogens (tertiary/aromatic N) is 1. The van der Waals surface area contributed by atoms with Crippen LogP contribution in [-0.4, -0.2) is 12.6 Å². The van der Waals surface area contributed by atoms with Crippen LogP contribution >= 0.6 is 34.0 Å². The van der Waals surface area contributed by atoms with Crippen molar-refractivity contribution in [2.45, 2.75) is 168 Å². The highest BCUT2D eigenvalue weighted by atomic mass is 32.1. The van der Waals surface area contributed by atoms with E-state index in [0.717, 1.165) is 16.6 Å². The van der Waals surface area contributed by atoms with Gasteiger partial charge in [0.05, 0.1) is 25.1 Å². The average Bonchev–Trinajstić information content (AvgIpc) is 3.67. The Labute approximate surface area is 265 Å². The first-order valence-corrected chi connectivity index (χ1v) is 22.0. The van der Waals surface area contributed by atoms with Crippen molar-refractivity contribution < 1.29 is 0 Å². The molecule has 0 N–H and O–H groups in total. The minimum Gasteiger partial charge on any atom is -0.335 e. The van der Waals surface area contributed by atoms with Crippen LogP contribution in [-0.2, 0) is 0 Å². The molecule has 230 valence electrons. The van der Waals surface area contributed by atoms with Crippen LogP contribution in [0.1, 0.15) is 151 Å². The molecule has 0 saturated heterocycles. The van der Waals surface area contributed by atoms with Gasteiger partial charge in [0.25, 0.3) is 0 Å². The van der Waals surface area contributed by atoms with Gasteiger partial charge in [-0.05, 0) is 51.5 Å². The summed E-state index contributed by atoms with van der Waals surface area (Å²) in [7, 11) is -1.66. The fourth-order valence-corrected chi connectivity index (χ4v) is 21.0. The van der Waals surface area contributed by atoms with E-state index in [0.29, 0.717) is 6.04 Å². The Hall–Kier alpha value is -0.623. The van der Waals surface area contributed by atoms with E-state index in [1.54, 1.807) is 28.8 Å². The van der Waals surface area contributed by atoms with E-state index >= 15 is 0 Å². The topological polar surface area (TPSA) is 4.93 Å². The SMILES string of the molecule is CCCCCCCCC(CCCCCCCC)n1c2ccsc2c2sc3cc([Si](C(C)C)(C(C)C)C(C)C)sc3c21. The molecule has 0 unspecified atom stereocenters. The fourth-order valence-electron chi connectivity index (χ4n) is 8.20. The molecule has 0 radical (unpaired) electrons. The highest BCUT2D eigenvalue weighted by Crippen LogP contribution is 2.49. The number of aromatic nitrogens is 1. The Balaban J connectivity index is 1.74. The summed E-state index contributed by atoms with van der Waals surface area (Å²) < 4.78 is 10.9. The maximum atomic E-state index is 2.88. The highest BCUT2D eigenvalue weighted by molar-refractivity contribution is 7.39. The fraction of sp³-hybridized carbons (Fsp3) is 0.722. The molecule has 0 spiro atoms. The molecule has 4 aromatic heterocycles. The van der Waals surface area contributed by atoms with Crippen molar-refractivity contribution in [3.8, 4) is 0 Å². The third-order valence-electron chi connectivity index (χ3n) is 10.1. The summed E-state index contributed by atoms with van der Waals surface area (Å²) in [4.78, 5) is 0. The molecule has 4 rings (SSSR count). The van der Waals surface area contributed by atoms with Gasteiger partial charge in [-0.25, -0.2) is 0 Å². The number of unbranched alkanes of at least 4 members (excludes halogenated alkanes) is 10. The number of hydrogen-bond acceptors (Lipinski definition) is 3. The Morgan fingerprint density at radius 2 is 1.20 bits per heavy atom. The third kappa shape index (κ3) is 6.89. The van der Waals surface area contributed by atoms with Crippen molar-refractivity contribution in [2.24, 2.45) is 0 Å². The van der Waals surface area contributed by atoms with Crippen molar-refractivity contribution in [3.63, 3.8) is 0 Å². The van der Waals surface area contributed by atoms with Gasteiger partial charge in [0.1, 0.15) is 8.07 Å². The maximum absolute atomic E-state index is 2.88. The first kappa shape index (κ1) is 33.3. The monoisotopic (exact) mass is 629 g/mol. The molecule has 0 aliphatic carbocycles. The van der Waals surface area contributed by atoms with Crippen LogP contribution in [0.2, 0.25) is 16.6 Å². The minimum atomic E-state index is -1.66. The predicted molar refractivity (Wildman–Crippen MR) is 196 cm³/mol. The summed E-state index contributed by atoms with van der Waals surface area (Å²) >= 11 is 6.29. The second-order valence-electron chi connectivity index (χ2n) is 13.8. The zero-order chi connectivity index (χ0) is 29.6. The van der Waals surface area contributed by atoms with Gasteiger partial charge in [0, 0.05) is 10.7 Å². The molecule has 4 heterocycles. The van der Waals surface area contributed by atoms with E-state index in [2.05, 4.69) is 100 Å². The molecular weight excluding hydrogens is 571 g/mol. The van der Waals surface area contributed by atoms with Gasteiger partial charge in [-0.15, -0.1) is 34.0 Å². The molecule has 41 heavy (non-hydrogen) atoms. The van der Waals surface area contributed by atoms with Crippen molar-refractivity contribution in [2.75, 3.05) is 0 Å². The van der Waals surface area contributed by atoms with Crippen LogP contribution in [0.25, 0.3) is 29.8 Å². The summed E-state index contributed by atoms with van der Waals surface area (Å²) in [5.74, 6) is 0. The van der Waals surface area contributed by atoms with Crippen molar-refractivity contribution in [3.05, 3.63) is 17.5 Å². The first-order chi connectivity index (χ1) is 19.8. The molecule has 0 aliphatic rings. The summed E-state index contributed by atoms with van der Waals surface area (Å²) in [6.45, 7) is 19.8. The van der Waals surface area contributed by atoms with E-state index in [4.69, 9.17) is 0 Å². The van der Waals surface area contributed by atoms with Crippen LogP contribution in [0, 0.1) is 0 Å². The lowest BCUT2D eigenvalue weighted by molar-refractivity contribution is 0.410. The van der Waals surface area contributed by atoms with Gasteiger partial charge in [0.15, 0.2) is 0 Å². The van der Waals surface area contributed by atoms with Gasteiger partial charge in [-0.1, -0.05) is 132 Å². The molecule has 4 aromatic rings. The smallest absolute Gasteiger partial charge is 0.107 e. The second kappa shape index (κ2) is 15.4. The normalized spacial score (nSPS) is 13.2. The molecule has 0 amide bonds. The van der Waals surface area contributed by atoms with Gasteiger partial charge < -0.3 is 4.57 Å².